The van der Waals surface area contributed by atoms with Crippen LogP contribution in [0.2, 0.25) is 0 Å². The number of benzene rings is 1. The maximum Gasteiger partial charge on any atom is 0.129 e. The zero-order chi connectivity index (χ0) is 24.2. The Morgan fingerprint density at radius 2 is 1.97 bits per heavy atom. The van der Waals surface area contributed by atoms with Gasteiger partial charge in [-0.25, -0.2) is 4.98 Å². The van der Waals surface area contributed by atoms with E-state index in [4.69, 9.17) is 14.5 Å². The summed E-state index contributed by atoms with van der Waals surface area (Å²) in [6.45, 7) is 10.3. The SMILES string of the molecule is CC1(Oc2ccc3[nH]nc(-c4ccnc(N5CCOC6(CN(CC7CCNCC7)C6)C5)c4)c3c2)CC1. The molecule has 4 aliphatic rings. The molecule has 0 radical (unpaired) electrons. The highest BCUT2D eigenvalue weighted by atomic mass is 16.5. The van der Waals surface area contributed by atoms with E-state index in [-0.39, 0.29) is 11.2 Å². The molecule has 4 fully saturated rings. The molecule has 2 N–H and O–H groups in total. The second-order valence-electron chi connectivity index (χ2n) is 11.6. The number of fused-ring (bicyclic) bond motifs is 1. The number of piperidine rings is 1. The number of aromatic nitrogens is 3. The van der Waals surface area contributed by atoms with E-state index >= 15 is 0 Å². The fraction of sp³-hybridized carbons (Fsp3) is 0.571. The van der Waals surface area contributed by atoms with Crippen LogP contribution in [0.5, 0.6) is 5.75 Å². The first-order chi connectivity index (χ1) is 17.6. The molecule has 0 amide bonds. The topological polar surface area (TPSA) is 78.5 Å². The molecule has 1 saturated carbocycles. The molecule has 1 spiro atoms. The molecule has 2 aromatic heterocycles. The molecule has 0 unspecified atom stereocenters. The quantitative estimate of drug-likeness (QED) is 0.550. The van der Waals surface area contributed by atoms with Crippen LogP contribution in [0.3, 0.4) is 0 Å². The fourth-order valence-corrected chi connectivity index (χ4v) is 6.14. The van der Waals surface area contributed by atoms with Gasteiger partial charge in [-0.05, 0) is 81.9 Å². The first kappa shape index (κ1) is 22.5. The fourth-order valence-electron chi connectivity index (χ4n) is 6.14. The number of likely N-dealkylation sites (tertiary alicyclic amines) is 1. The third-order valence-electron chi connectivity index (χ3n) is 8.44. The Morgan fingerprint density at radius 1 is 1.11 bits per heavy atom. The van der Waals surface area contributed by atoms with Gasteiger partial charge in [0.1, 0.15) is 28.5 Å². The van der Waals surface area contributed by atoms with Gasteiger partial charge in [-0.1, -0.05) is 0 Å². The Hall–Kier alpha value is -2.68. The maximum absolute atomic E-state index is 6.34. The van der Waals surface area contributed by atoms with Crippen LogP contribution in [-0.4, -0.2) is 83.7 Å². The van der Waals surface area contributed by atoms with Crippen LogP contribution in [0, 0.1) is 5.92 Å². The highest BCUT2D eigenvalue weighted by Gasteiger charge is 2.47. The van der Waals surface area contributed by atoms with Gasteiger partial charge in [-0.3, -0.25) is 10.00 Å². The summed E-state index contributed by atoms with van der Waals surface area (Å²) >= 11 is 0. The Bertz CT molecular complexity index is 1240. The third kappa shape index (κ3) is 4.35. The number of anilines is 1. The predicted octanol–water partition coefficient (Wildman–Crippen LogP) is 3.45. The Balaban J connectivity index is 1.07. The summed E-state index contributed by atoms with van der Waals surface area (Å²) in [5.41, 5.74) is 2.97. The number of morpholine rings is 1. The van der Waals surface area contributed by atoms with E-state index in [1.54, 1.807) is 0 Å². The van der Waals surface area contributed by atoms with E-state index in [1.807, 2.05) is 12.3 Å². The summed E-state index contributed by atoms with van der Waals surface area (Å²) in [7, 11) is 0. The highest BCUT2D eigenvalue weighted by molar-refractivity contribution is 5.94. The van der Waals surface area contributed by atoms with Crippen molar-refractivity contribution in [3.8, 4) is 17.0 Å². The number of ether oxygens (including phenoxy) is 2. The van der Waals surface area contributed by atoms with Gasteiger partial charge >= 0.3 is 0 Å². The van der Waals surface area contributed by atoms with Gasteiger partial charge in [0.25, 0.3) is 0 Å². The summed E-state index contributed by atoms with van der Waals surface area (Å²) in [6, 6.07) is 10.4. The average Bonchev–Trinajstić information content (AvgIpc) is 3.46. The van der Waals surface area contributed by atoms with Gasteiger partial charge in [0.15, 0.2) is 0 Å². The van der Waals surface area contributed by atoms with Crippen molar-refractivity contribution in [3.05, 3.63) is 36.5 Å². The van der Waals surface area contributed by atoms with Crippen LogP contribution in [0.4, 0.5) is 5.82 Å². The normalized spacial score (nSPS) is 23.6. The molecule has 3 aliphatic heterocycles. The molecule has 3 aromatic rings. The minimum atomic E-state index is -0.0625. The smallest absolute Gasteiger partial charge is 0.129 e. The van der Waals surface area contributed by atoms with Crippen molar-refractivity contribution >= 4 is 16.7 Å². The zero-order valence-electron chi connectivity index (χ0n) is 21.1. The molecule has 0 atom stereocenters. The summed E-state index contributed by atoms with van der Waals surface area (Å²) in [4.78, 5) is 9.73. The second-order valence-corrected chi connectivity index (χ2v) is 11.6. The van der Waals surface area contributed by atoms with Crippen molar-refractivity contribution in [3.63, 3.8) is 0 Å². The molecule has 1 aromatic carbocycles. The van der Waals surface area contributed by atoms with E-state index < -0.39 is 0 Å². The molecule has 8 heteroatoms. The number of pyridine rings is 1. The lowest BCUT2D eigenvalue weighted by Crippen LogP contribution is -2.70. The zero-order valence-corrected chi connectivity index (χ0v) is 21.1. The Kier molecular flexibility index (Phi) is 5.45. The number of hydrogen-bond acceptors (Lipinski definition) is 7. The number of rotatable bonds is 6. The Labute approximate surface area is 212 Å². The lowest BCUT2D eigenvalue weighted by molar-refractivity contribution is -0.152. The van der Waals surface area contributed by atoms with Crippen LogP contribution >= 0.6 is 0 Å². The molecule has 36 heavy (non-hydrogen) atoms. The maximum atomic E-state index is 6.34. The first-order valence-corrected chi connectivity index (χ1v) is 13.5. The lowest BCUT2D eigenvalue weighted by atomic mass is 9.88. The first-order valence-electron chi connectivity index (χ1n) is 13.5. The number of nitrogens with zero attached hydrogens (tertiary/aromatic N) is 4. The molecule has 190 valence electrons. The molecular weight excluding hydrogens is 452 g/mol. The predicted molar refractivity (Wildman–Crippen MR) is 141 cm³/mol. The summed E-state index contributed by atoms with van der Waals surface area (Å²) in [5.74, 6) is 2.73. The lowest BCUT2D eigenvalue weighted by Gasteiger charge is -2.55. The molecule has 7 rings (SSSR count). The third-order valence-corrected chi connectivity index (χ3v) is 8.44. The molecule has 0 bridgehead atoms. The molecular formula is C28H36N6O2. The van der Waals surface area contributed by atoms with Crippen LogP contribution in [0.1, 0.15) is 32.6 Å². The van der Waals surface area contributed by atoms with E-state index in [0.717, 1.165) is 98.4 Å². The van der Waals surface area contributed by atoms with E-state index in [1.165, 1.54) is 19.4 Å². The summed E-state index contributed by atoms with van der Waals surface area (Å²) in [5, 5.41) is 12.4. The number of hydrogen-bond donors (Lipinski definition) is 2. The van der Waals surface area contributed by atoms with Gasteiger partial charge in [-0.2, -0.15) is 5.10 Å². The summed E-state index contributed by atoms with van der Waals surface area (Å²) < 4.78 is 12.6. The van der Waals surface area contributed by atoms with E-state index in [0.29, 0.717) is 0 Å². The Morgan fingerprint density at radius 3 is 2.81 bits per heavy atom. The van der Waals surface area contributed by atoms with Crippen molar-refractivity contribution < 1.29 is 9.47 Å². The largest absolute Gasteiger partial charge is 0.488 e. The van der Waals surface area contributed by atoms with Crippen molar-refractivity contribution in [2.75, 3.05) is 57.3 Å². The molecule has 1 aliphatic carbocycles. The van der Waals surface area contributed by atoms with Crippen LogP contribution in [-0.2, 0) is 4.74 Å². The minimum absolute atomic E-state index is 0.00157. The number of aromatic amines is 1. The van der Waals surface area contributed by atoms with Gasteiger partial charge in [-0.15, -0.1) is 0 Å². The van der Waals surface area contributed by atoms with Crippen molar-refractivity contribution in [1.29, 1.82) is 0 Å². The van der Waals surface area contributed by atoms with Crippen LogP contribution in [0.15, 0.2) is 36.5 Å². The van der Waals surface area contributed by atoms with Crippen molar-refractivity contribution in [1.82, 2.24) is 25.4 Å². The van der Waals surface area contributed by atoms with Gasteiger partial charge in [0, 0.05) is 43.3 Å². The van der Waals surface area contributed by atoms with Crippen molar-refractivity contribution in [2.24, 2.45) is 5.92 Å². The highest BCUT2D eigenvalue weighted by Crippen LogP contribution is 2.41. The van der Waals surface area contributed by atoms with Gasteiger partial charge in [0.05, 0.1) is 18.7 Å². The van der Waals surface area contributed by atoms with Crippen LogP contribution < -0.4 is 15.0 Å². The second kappa shape index (κ2) is 8.71. The van der Waals surface area contributed by atoms with E-state index in [9.17, 15) is 0 Å². The molecule has 8 nitrogen and oxygen atoms in total. The average molecular weight is 489 g/mol. The number of nitrogens with one attached hydrogen (secondary N) is 2. The van der Waals surface area contributed by atoms with Gasteiger partial charge < -0.3 is 19.7 Å². The monoisotopic (exact) mass is 488 g/mol. The summed E-state index contributed by atoms with van der Waals surface area (Å²) in [6.07, 6.45) is 6.73. The van der Waals surface area contributed by atoms with Crippen LogP contribution in [0.25, 0.3) is 22.2 Å². The van der Waals surface area contributed by atoms with Crippen molar-refractivity contribution in [2.45, 2.75) is 43.8 Å². The van der Waals surface area contributed by atoms with Gasteiger partial charge in [0.2, 0.25) is 0 Å². The minimum Gasteiger partial charge on any atom is -0.488 e. The standard InChI is InChI=1S/C28H36N6O2/c1-27(7-8-27)36-22-2-3-24-23(15-22)26(32-31-24)21-6-11-30-25(14-21)34-12-13-35-28(19-34)17-33(18-28)16-20-4-9-29-10-5-20/h2-3,6,11,14-15,20,29H,4-5,7-10,12-13,16-19H2,1H3,(H,31,32). The molecule has 3 saturated heterocycles. The number of H-pyrrole nitrogens is 1. The van der Waals surface area contributed by atoms with E-state index in [2.05, 4.69) is 56.5 Å². The molecule has 5 heterocycles.